The Morgan fingerprint density at radius 2 is 1.80 bits per heavy atom. The molecule has 1 amide bonds. The third-order valence-corrected chi connectivity index (χ3v) is 3.74. The number of hydrogen-bond donors (Lipinski definition) is 2. The van der Waals surface area contributed by atoms with Crippen molar-refractivity contribution < 1.29 is 4.79 Å². The predicted molar refractivity (Wildman–Crippen MR) is 95.9 cm³/mol. The van der Waals surface area contributed by atoms with Crippen LogP contribution in [0.3, 0.4) is 0 Å². The molecule has 126 valence electrons. The van der Waals surface area contributed by atoms with Crippen molar-refractivity contribution in [2.75, 3.05) is 5.32 Å². The molecule has 0 aliphatic heterocycles. The summed E-state index contributed by atoms with van der Waals surface area (Å²) >= 11 is 0. The Labute approximate surface area is 146 Å². The van der Waals surface area contributed by atoms with Gasteiger partial charge < -0.3 is 10.6 Å². The average Bonchev–Trinajstić information content (AvgIpc) is 2.66. The number of rotatable bonds is 6. The van der Waals surface area contributed by atoms with E-state index in [1.807, 2.05) is 36.4 Å². The largest absolute Gasteiger partial charge is 0.350 e. The van der Waals surface area contributed by atoms with Gasteiger partial charge in [-0.15, -0.1) is 0 Å². The van der Waals surface area contributed by atoms with E-state index in [0.29, 0.717) is 24.7 Å². The normalized spacial score (nSPS) is 10.3. The first-order valence-electron chi connectivity index (χ1n) is 8.02. The van der Waals surface area contributed by atoms with Crippen LogP contribution in [0, 0.1) is 6.92 Å². The third-order valence-electron chi connectivity index (χ3n) is 3.74. The fraction of sp³-hybridized carbons (Fsp3) is 0.158. The highest BCUT2D eigenvalue weighted by atomic mass is 16.1. The van der Waals surface area contributed by atoms with E-state index >= 15 is 0 Å². The minimum atomic E-state index is -0.257. The number of pyridine rings is 1. The number of aromatic nitrogens is 3. The van der Waals surface area contributed by atoms with Crippen LogP contribution >= 0.6 is 0 Å². The Balaban J connectivity index is 1.61. The Morgan fingerprint density at radius 3 is 2.60 bits per heavy atom. The quantitative estimate of drug-likeness (QED) is 0.725. The van der Waals surface area contributed by atoms with Gasteiger partial charge in [0.15, 0.2) is 0 Å². The van der Waals surface area contributed by atoms with Gasteiger partial charge in [-0.25, -0.2) is 9.97 Å². The summed E-state index contributed by atoms with van der Waals surface area (Å²) in [5.41, 5.74) is 3.47. The number of benzene rings is 1. The van der Waals surface area contributed by atoms with Crippen molar-refractivity contribution in [2.24, 2.45) is 0 Å². The van der Waals surface area contributed by atoms with Gasteiger partial charge in [-0.05, 0) is 36.2 Å². The molecular weight excluding hydrogens is 314 g/mol. The van der Waals surface area contributed by atoms with E-state index in [4.69, 9.17) is 0 Å². The van der Waals surface area contributed by atoms with Crippen LogP contribution < -0.4 is 10.6 Å². The summed E-state index contributed by atoms with van der Waals surface area (Å²) < 4.78 is 0. The number of anilines is 1. The average molecular weight is 333 g/mol. The van der Waals surface area contributed by atoms with Crippen molar-refractivity contribution in [1.82, 2.24) is 20.3 Å². The molecule has 0 atom stereocenters. The zero-order chi connectivity index (χ0) is 17.5. The Hall–Kier alpha value is -3.28. The number of carbonyl (C=O) groups is 1. The summed E-state index contributed by atoms with van der Waals surface area (Å²) in [4.78, 5) is 24.9. The zero-order valence-electron chi connectivity index (χ0n) is 13.9. The van der Waals surface area contributed by atoms with Crippen molar-refractivity contribution in [1.29, 1.82) is 0 Å². The Morgan fingerprint density at radius 1 is 0.960 bits per heavy atom. The van der Waals surface area contributed by atoms with Gasteiger partial charge in [0.05, 0.1) is 12.2 Å². The molecule has 0 unspecified atom stereocenters. The van der Waals surface area contributed by atoms with E-state index in [9.17, 15) is 4.79 Å². The van der Waals surface area contributed by atoms with Crippen LogP contribution in [0.25, 0.3) is 0 Å². The van der Waals surface area contributed by atoms with Crippen molar-refractivity contribution in [2.45, 2.75) is 20.0 Å². The maximum atomic E-state index is 12.2. The van der Waals surface area contributed by atoms with E-state index in [0.717, 1.165) is 11.3 Å². The van der Waals surface area contributed by atoms with E-state index in [1.165, 1.54) is 5.56 Å². The molecule has 6 heteroatoms. The van der Waals surface area contributed by atoms with Gasteiger partial charge in [0, 0.05) is 18.9 Å². The van der Waals surface area contributed by atoms with E-state index < -0.39 is 0 Å². The van der Waals surface area contributed by atoms with E-state index in [1.54, 1.807) is 18.5 Å². The van der Waals surface area contributed by atoms with Gasteiger partial charge in [-0.2, -0.15) is 0 Å². The molecule has 0 aliphatic carbocycles. The van der Waals surface area contributed by atoms with Gasteiger partial charge >= 0.3 is 0 Å². The molecule has 3 rings (SSSR count). The van der Waals surface area contributed by atoms with Gasteiger partial charge in [0.25, 0.3) is 5.91 Å². The number of nitrogens with zero attached hydrogens (tertiary/aromatic N) is 3. The minimum Gasteiger partial charge on any atom is -0.350 e. The molecule has 0 spiro atoms. The predicted octanol–water partition coefficient (Wildman–Crippen LogP) is 2.72. The number of amides is 1. The molecule has 0 saturated heterocycles. The maximum Gasteiger partial charge on any atom is 0.270 e. The molecule has 6 nitrogen and oxygen atoms in total. The van der Waals surface area contributed by atoms with Gasteiger partial charge in [-0.3, -0.25) is 9.78 Å². The summed E-state index contributed by atoms with van der Waals surface area (Å²) in [6.45, 7) is 3.01. The molecule has 0 fully saturated rings. The van der Waals surface area contributed by atoms with Gasteiger partial charge in [0.2, 0.25) is 5.95 Å². The molecule has 0 saturated carbocycles. The number of hydrogen-bond acceptors (Lipinski definition) is 5. The topological polar surface area (TPSA) is 79.8 Å². The smallest absolute Gasteiger partial charge is 0.270 e. The lowest BCUT2D eigenvalue weighted by Gasteiger charge is -2.09. The lowest BCUT2D eigenvalue weighted by molar-refractivity contribution is 0.0945. The number of nitrogens with one attached hydrogen (secondary N) is 2. The van der Waals surface area contributed by atoms with Gasteiger partial charge in [0.1, 0.15) is 5.69 Å². The molecule has 2 aromatic heterocycles. The van der Waals surface area contributed by atoms with Crippen LogP contribution in [0.2, 0.25) is 0 Å². The molecule has 1 aromatic carbocycles. The van der Waals surface area contributed by atoms with Crippen LogP contribution in [0.15, 0.2) is 60.9 Å². The summed E-state index contributed by atoms with van der Waals surface area (Å²) in [7, 11) is 0. The molecular formula is C19H19N5O. The SMILES string of the molecule is Cc1ccccc1CNc1nccc(C(=O)NCc2ccccn2)n1. The maximum absolute atomic E-state index is 12.2. The number of carbonyl (C=O) groups excluding carboxylic acids is 1. The second kappa shape index (κ2) is 8.01. The standard InChI is InChI=1S/C19H19N5O/c1-14-6-2-3-7-15(14)12-23-19-21-11-9-17(24-19)18(25)22-13-16-8-4-5-10-20-16/h2-11H,12-13H2,1H3,(H,22,25)(H,21,23,24). The fourth-order valence-corrected chi connectivity index (χ4v) is 2.32. The summed E-state index contributed by atoms with van der Waals surface area (Å²) in [5.74, 6) is 0.167. The highest BCUT2D eigenvalue weighted by Crippen LogP contribution is 2.09. The second-order valence-corrected chi connectivity index (χ2v) is 5.55. The van der Waals surface area contributed by atoms with Crippen molar-refractivity contribution in [3.8, 4) is 0 Å². The van der Waals surface area contributed by atoms with Crippen LogP contribution in [0.4, 0.5) is 5.95 Å². The molecule has 2 heterocycles. The molecule has 0 radical (unpaired) electrons. The van der Waals surface area contributed by atoms with Crippen LogP contribution in [-0.2, 0) is 13.1 Å². The van der Waals surface area contributed by atoms with Crippen LogP contribution in [-0.4, -0.2) is 20.9 Å². The Bertz CT molecular complexity index is 851. The minimum absolute atomic E-state index is 0.257. The van der Waals surface area contributed by atoms with Gasteiger partial charge in [-0.1, -0.05) is 30.3 Å². The molecule has 0 aliphatic rings. The lowest BCUT2D eigenvalue weighted by atomic mass is 10.1. The first-order valence-corrected chi connectivity index (χ1v) is 8.02. The van der Waals surface area contributed by atoms with E-state index in [2.05, 4.69) is 38.6 Å². The van der Waals surface area contributed by atoms with Crippen molar-refractivity contribution >= 4 is 11.9 Å². The highest BCUT2D eigenvalue weighted by Gasteiger charge is 2.09. The van der Waals surface area contributed by atoms with Crippen molar-refractivity contribution in [3.05, 3.63) is 83.4 Å². The summed E-state index contributed by atoms with van der Waals surface area (Å²) in [6.07, 6.45) is 3.27. The zero-order valence-corrected chi connectivity index (χ0v) is 13.9. The molecule has 2 N–H and O–H groups in total. The fourth-order valence-electron chi connectivity index (χ4n) is 2.32. The van der Waals surface area contributed by atoms with E-state index in [-0.39, 0.29) is 5.91 Å². The highest BCUT2D eigenvalue weighted by molar-refractivity contribution is 5.92. The monoisotopic (exact) mass is 333 g/mol. The Kier molecular flexibility index (Phi) is 5.31. The molecule has 25 heavy (non-hydrogen) atoms. The number of aryl methyl sites for hydroxylation is 1. The summed E-state index contributed by atoms with van der Waals surface area (Å²) in [5, 5.41) is 5.96. The first-order chi connectivity index (χ1) is 12.2. The second-order valence-electron chi connectivity index (χ2n) is 5.55. The third kappa shape index (κ3) is 4.60. The first kappa shape index (κ1) is 16.6. The summed E-state index contributed by atoms with van der Waals surface area (Å²) in [6, 6.07) is 15.3. The molecule has 3 aromatic rings. The molecule has 0 bridgehead atoms. The van der Waals surface area contributed by atoms with Crippen LogP contribution in [0.1, 0.15) is 27.3 Å². The van der Waals surface area contributed by atoms with Crippen LogP contribution in [0.5, 0.6) is 0 Å². The van der Waals surface area contributed by atoms with Crippen molar-refractivity contribution in [3.63, 3.8) is 0 Å². The lowest BCUT2D eigenvalue weighted by Crippen LogP contribution is -2.24.